The molecule has 0 saturated carbocycles. The van der Waals surface area contributed by atoms with Gasteiger partial charge in [0.1, 0.15) is 11.6 Å². The van der Waals surface area contributed by atoms with Gasteiger partial charge in [0, 0.05) is 12.1 Å². The van der Waals surface area contributed by atoms with Gasteiger partial charge in [-0.3, -0.25) is 4.79 Å². The quantitative estimate of drug-likeness (QED) is 0.330. The van der Waals surface area contributed by atoms with Crippen LogP contribution in [0.5, 0.6) is 0 Å². The third-order valence-electron chi connectivity index (χ3n) is 6.31. The van der Waals surface area contributed by atoms with Crippen molar-refractivity contribution in [3.8, 4) is 11.1 Å². The lowest BCUT2D eigenvalue weighted by atomic mass is 10.1. The highest BCUT2D eigenvalue weighted by atomic mass is 16.3. The average Bonchev–Trinajstić information content (AvgIpc) is 3.50. The number of carbonyl (C=O) groups excluding carboxylic acids is 1. The molecular weight excluding hydrogens is 396 g/mol. The lowest BCUT2D eigenvalue weighted by molar-refractivity contribution is 0.0717. The summed E-state index contributed by atoms with van der Waals surface area (Å²) in [5, 5.41) is 2.21. The number of carbonyl (C=O) groups is 1. The lowest BCUT2D eigenvalue weighted by Gasteiger charge is -2.22. The zero-order chi connectivity index (χ0) is 21.5. The van der Waals surface area contributed by atoms with Gasteiger partial charge in [0.2, 0.25) is 5.89 Å². The van der Waals surface area contributed by atoms with E-state index in [4.69, 9.17) is 9.40 Å². The Balaban J connectivity index is 1.32. The summed E-state index contributed by atoms with van der Waals surface area (Å²) in [7, 11) is 0. The van der Waals surface area contributed by atoms with E-state index < -0.39 is 0 Å². The van der Waals surface area contributed by atoms with Crippen molar-refractivity contribution >= 4 is 27.8 Å². The fraction of sp³-hybridized carbons (Fsp3) is 0.143. The van der Waals surface area contributed by atoms with Crippen LogP contribution in [0.4, 0.5) is 0 Å². The standard InChI is InChI=1S/C28H22N2O2/c31-28(23-13-12-20-9-4-5-10-21(20)17-23)30-16-6-11-25(30)27-29-24-18-22(14-15-26(24)32-27)19-7-2-1-3-8-19/h1-5,7-10,12-15,17-18,25H,6,11,16H2. The minimum absolute atomic E-state index is 0.0329. The van der Waals surface area contributed by atoms with E-state index in [0.29, 0.717) is 18.0 Å². The van der Waals surface area contributed by atoms with E-state index in [1.54, 1.807) is 0 Å². The molecule has 1 unspecified atom stereocenters. The molecule has 4 aromatic carbocycles. The molecule has 4 heteroatoms. The van der Waals surface area contributed by atoms with Crippen LogP contribution in [0.15, 0.2) is 95.4 Å². The van der Waals surface area contributed by atoms with Crippen molar-refractivity contribution in [2.24, 2.45) is 0 Å². The van der Waals surface area contributed by atoms with Crippen LogP contribution in [0, 0.1) is 0 Å². The van der Waals surface area contributed by atoms with Gasteiger partial charge in [-0.25, -0.2) is 4.98 Å². The molecule has 1 saturated heterocycles. The first kappa shape index (κ1) is 18.8. The molecule has 1 amide bonds. The van der Waals surface area contributed by atoms with Crippen molar-refractivity contribution in [3.05, 3.63) is 102 Å². The Hall–Kier alpha value is -3.92. The van der Waals surface area contributed by atoms with Gasteiger partial charge in [-0.05, 0) is 59.0 Å². The first-order valence-electron chi connectivity index (χ1n) is 11.0. The highest BCUT2D eigenvalue weighted by Gasteiger charge is 2.34. The van der Waals surface area contributed by atoms with E-state index in [1.807, 2.05) is 65.6 Å². The number of hydrogen-bond acceptors (Lipinski definition) is 3. The largest absolute Gasteiger partial charge is 0.438 e. The number of nitrogens with zero attached hydrogens (tertiary/aromatic N) is 2. The number of amides is 1. The Morgan fingerprint density at radius 2 is 1.66 bits per heavy atom. The highest BCUT2D eigenvalue weighted by molar-refractivity contribution is 5.99. The van der Waals surface area contributed by atoms with Crippen LogP contribution in [0.1, 0.15) is 35.1 Å². The number of rotatable bonds is 3. The van der Waals surface area contributed by atoms with Crippen molar-refractivity contribution in [1.29, 1.82) is 0 Å². The second-order valence-electron chi connectivity index (χ2n) is 8.32. The molecule has 156 valence electrons. The molecule has 1 fully saturated rings. The topological polar surface area (TPSA) is 46.3 Å². The summed E-state index contributed by atoms with van der Waals surface area (Å²) < 4.78 is 6.12. The molecule has 0 radical (unpaired) electrons. The number of likely N-dealkylation sites (tertiary alicyclic amines) is 1. The van der Waals surface area contributed by atoms with Gasteiger partial charge in [-0.15, -0.1) is 0 Å². The predicted octanol–water partition coefficient (Wildman–Crippen LogP) is 6.63. The minimum Gasteiger partial charge on any atom is -0.438 e. The number of fused-ring (bicyclic) bond motifs is 2. The molecule has 1 aromatic heterocycles. The van der Waals surface area contributed by atoms with Crippen molar-refractivity contribution in [2.75, 3.05) is 6.54 Å². The van der Waals surface area contributed by atoms with E-state index >= 15 is 0 Å². The van der Waals surface area contributed by atoms with Crippen LogP contribution >= 0.6 is 0 Å². The second-order valence-corrected chi connectivity index (χ2v) is 8.32. The normalized spacial score (nSPS) is 16.1. The van der Waals surface area contributed by atoms with E-state index in [1.165, 1.54) is 0 Å². The van der Waals surface area contributed by atoms with Crippen molar-refractivity contribution in [1.82, 2.24) is 9.88 Å². The van der Waals surface area contributed by atoms with Gasteiger partial charge >= 0.3 is 0 Å². The summed E-state index contributed by atoms with van der Waals surface area (Å²) in [4.78, 5) is 20.1. The summed E-state index contributed by atoms with van der Waals surface area (Å²) in [6.07, 6.45) is 1.80. The highest BCUT2D eigenvalue weighted by Crippen LogP contribution is 2.35. The zero-order valence-electron chi connectivity index (χ0n) is 17.6. The van der Waals surface area contributed by atoms with Crippen molar-refractivity contribution in [2.45, 2.75) is 18.9 Å². The lowest BCUT2D eigenvalue weighted by Crippen LogP contribution is -2.30. The molecule has 5 aromatic rings. The van der Waals surface area contributed by atoms with Gasteiger partial charge in [-0.2, -0.15) is 0 Å². The first-order chi connectivity index (χ1) is 15.8. The third kappa shape index (κ3) is 3.25. The molecule has 1 aliphatic rings. The van der Waals surface area contributed by atoms with Gasteiger partial charge in [0.25, 0.3) is 5.91 Å². The monoisotopic (exact) mass is 418 g/mol. The Labute approximate surface area is 186 Å². The van der Waals surface area contributed by atoms with Crippen LogP contribution in [-0.2, 0) is 0 Å². The van der Waals surface area contributed by atoms with Crippen LogP contribution in [0.2, 0.25) is 0 Å². The van der Waals surface area contributed by atoms with E-state index in [-0.39, 0.29) is 11.9 Å². The molecule has 0 aliphatic carbocycles. The van der Waals surface area contributed by atoms with Crippen LogP contribution in [0.3, 0.4) is 0 Å². The number of benzene rings is 4. The maximum absolute atomic E-state index is 13.4. The molecule has 32 heavy (non-hydrogen) atoms. The fourth-order valence-electron chi connectivity index (χ4n) is 4.65. The summed E-state index contributed by atoms with van der Waals surface area (Å²) in [5.41, 5.74) is 4.54. The van der Waals surface area contributed by atoms with Gasteiger partial charge in [0.05, 0.1) is 0 Å². The zero-order valence-corrected chi connectivity index (χ0v) is 17.6. The van der Waals surface area contributed by atoms with E-state index in [0.717, 1.165) is 45.8 Å². The van der Waals surface area contributed by atoms with Gasteiger partial charge in [0.15, 0.2) is 5.58 Å². The Morgan fingerprint density at radius 3 is 2.53 bits per heavy atom. The van der Waals surface area contributed by atoms with E-state index in [9.17, 15) is 4.79 Å². The predicted molar refractivity (Wildman–Crippen MR) is 126 cm³/mol. The summed E-state index contributed by atoms with van der Waals surface area (Å²) in [6, 6.07) is 30.2. The molecule has 4 nitrogen and oxygen atoms in total. The Morgan fingerprint density at radius 1 is 0.844 bits per heavy atom. The molecule has 6 rings (SSSR count). The van der Waals surface area contributed by atoms with Crippen molar-refractivity contribution in [3.63, 3.8) is 0 Å². The number of aromatic nitrogens is 1. The molecule has 0 spiro atoms. The second kappa shape index (κ2) is 7.65. The average molecular weight is 418 g/mol. The molecule has 2 heterocycles. The fourth-order valence-corrected chi connectivity index (χ4v) is 4.65. The first-order valence-corrected chi connectivity index (χ1v) is 11.0. The molecular formula is C28H22N2O2. The Bertz CT molecular complexity index is 1440. The van der Waals surface area contributed by atoms with Crippen molar-refractivity contribution < 1.29 is 9.21 Å². The molecule has 1 aliphatic heterocycles. The molecule has 0 N–H and O–H groups in total. The minimum atomic E-state index is -0.137. The number of oxazole rings is 1. The Kier molecular flexibility index (Phi) is 4.50. The maximum atomic E-state index is 13.4. The molecule has 0 bridgehead atoms. The summed E-state index contributed by atoms with van der Waals surface area (Å²) in [6.45, 7) is 0.713. The van der Waals surface area contributed by atoms with Crippen LogP contribution < -0.4 is 0 Å². The number of hydrogen-bond donors (Lipinski definition) is 0. The molecule has 1 atom stereocenters. The van der Waals surface area contributed by atoms with Gasteiger partial charge in [-0.1, -0.05) is 66.7 Å². The SMILES string of the molecule is O=C(c1ccc2ccccc2c1)N1CCCC1c1nc2cc(-c3ccccc3)ccc2o1. The van der Waals surface area contributed by atoms with E-state index in [2.05, 4.69) is 30.3 Å². The summed E-state index contributed by atoms with van der Waals surface area (Å²) in [5.74, 6) is 0.655. The smallest absolute Gasteiger partial charge is 0.254 e. The third-order valence-corrected chi connectivity index (χ3v) is 6.31. The van der Waals surface area contributed by atoms with Gasteiger partial charge < -0.3 is 9.32 Å². The van der Waals surface area contributed by atoms with Crippen LogP contribution in [-0.4, -0.2) is 22.3 Å². The maximum Gasteiger partial charge on any atom is 0.254 e. The summed E-state index contributed by atoms with van der Waals surface area (Å²) >= 11 is 0. The van der Waals surface area contributed by atoms with Crippen LogP contribution in [0.25, 0.3) is 33.0 Å².